The molecule has 0 bridgehead atoms. The molecule has 0 saturated carbocycles. The molecule has 62 heavy (non-hydrogen) atoms. The van der Waals surface area contributed by atoms with E-state index in [1.165, 1.54) is 96.3 Å². The third kappa shape index (κ3) is 24.0. The highest BCUT2D eigenvalue weighted by Crippen LogP contribution is 2.26. The number of esters is 2. The maximum Gasteiger partial charge on any atom is 0.306 e. The van der Waals surface area contributed by atoms with E-state index in [0.29, 0.717) is 12.8 Å². The van der Waals surface area contributed by atoms with Crippen LogP contribution in [0.1, 0.15) is 181 Å². The maximum atomic E-state index is 12.9. The normalized spacial score (nSPS) is 27.1. The number of ether oxygens (including phenoxy) is 6. The molecule has 0 aliphatic carbocycles. The summed E-state index contributed by atoms with van der Waals surface area (Å²) in [4.78, 5) is 25.6. The molecular weight excluding hydrogens is 805 g/mol. The van der Waals surface area contributed by atoms with Crippen LogP contribution >= 0.6 is 0 Å². The fourth-order valence-corrected chi connectivity index (χ4v) is 7.68. The zero-order valence-electron chi connectivity index (χ0n) is 38.1. The summed E-state index contributed by atoms with van der Waals surface area (Å²) in [5.41, 5.74) is 0. The summed E-state index contributed by atoms with van der Waals surface area (Å²) in [6.45, 7) is 2.56. The number of aliphatic hydroxyl groups excluding tert-OH is 7. The molecule has 2 aliphatic rings. The second-order valence-electron chi connectivity index (χ2n) is 17.3. The van der Waals surface area contributed by atoms with Crippen LogP contribution in [0.4, 0.5) is 0 Å². The number of rotatable bonds is 37. The van der Waals surface area contributed by atoms with Gasteiger partial charge in [0, 0.05) is 12.8 Å². The molecule has 0 spiro atoms. The van der Waals surface area contributed by atoms with Crippen LogP contribution in [-0.4, -0.2) is 142 Å². The number of aliphatic hydroxyl groups is 7. The van der Waals surface area contributed by atoms with E-state index in [1.807, 2.05) is 0 Å². The van der Waals surface area contributed by atoms with Gasteiger partial charge in [-0.3, -0.25) is 9.59 Å². The van der Waals surface area contributed by atoms with Gasteiger partial charge in [0.15, 0.2) is 18.7 Å². The standard InChI is InChI=1S/C47H86O15/c1-3-5-7-9-11-13-15-16-17-18-20-21-23-25-27-29-38(49)57-32-35(60-39(50)30-28-26-24-22-19-14-12-10-8-6-4-2)33-58-46-45(56)43(54)41(52)37(62-46)34-59-47-44(55)42(53)40(51)36(31-48)61-47/h18,20,35-37,40-48,51-56H,3-17,19,21-34H2,1-2H3/b20-18+/t35-,36-,37-,40+,41+,42?,43?,44?,45?,46-,47-/m1/s1. The summed E-state index contributed by atoms with van der Waals surface area (Å²) in [6, 6.07) is 0. The van der Waals surface area contributed by atoms with Crippen LogP contribution < -0.4 is 0 Å². The minimum Gasteiger partial charge on any atom is -0.462 e. The van der Waals surface area contributed by atoms with Crippen LogP contribution in [-0.2, 0) is 38.0 Å². The average molecular weight is 891 g/mol. The minimum absolute atomic E-state index is 0.167. The summed E-state index contributed by atoms with van der Waals surface area (Å²) in [5, 5.41) is 71.9. The van der Waals surface area contributed by atoms with E-state index in [4.69, 9.17) is 28.4 Å². The van der Waals surface area contributed by atoms with Crippen molar-refractivity contribution in [3.63, 3.8) is 0 Å². The lowest BCUT2D eigenvalue weighted by molar-refractivity contribution is -0.332. The van der Waals surface area contributed by atoms with Crippen molar-refractivity contribution in [3.05, 3.63) is 12.2 Å². The SMILES string of the molecule is CCCCCCCCCC/C=C/CCCCCC(=O)OC[C@H](CO[C@@H]1O[C@H](CO[C@@H]2O[C@H](CO)[C@H](O)C(O)C2O)[C@H](O)C(O)C1O)OC(=O)CCCCCCCCCCCCC. The molecule has 15 heteroatoms. The van der Waals surface area contributed by atoms with Crippen molar-refractivity contribution in [3.8, 4) is 0 Å². The van der Waals surface area contributed by atoms with Crippen molar-refractivity contribution >= 4 is 11.9 Å². The first kappa shape index (κ1) is 56.4. The lowest BCUT2D eigenvalue weighted by Gasteiger charge is -2.42. The first-order chi connectivity index (χ1) is 30.0. The second kappa shape index (κ2) is 35.5. The second-order valence-corrected chi connectivity index (χ2v) is 17.3. The Kier molecular flexibility index (Phi) is 32.3. The van der Waals surface area contributed by atoms with E-state index in [1.54, 1.807) is 0 Å². The molecule has 0 aromatic heterocycles. The lowest BCUT2D eigenvalue weighted by Crippen LogP contribution is -2.61. The number of carbonyl (C=O) groups excluding carboxylic acids is 2. The highest BCUT2D eigenvalue weighted by molar-refractivity contribution is 5.70. The molecule has 364 valence electrons. The fraction of sp³-hybridized carbons (Fsp3) is 0.915. The molecule has 15 nitrogen and oxygen atoms in total. The average Bonchev–Trinajstić information content (AvgIpc) is 3.26. The Balaban J connectivity index is 1.83. The van der Waals surface area contributed by atoms with Crippen LogP contribution in [0.25, 0.3) is 0 Å². The van der Waals surface area contributed by atoms with Crippen LogP contribution in [0.15, 0.2) is 12.2 Å². The highest BCUT2D eigenvalue weighted by atomic mass is 16.7. The van der Waals surface area contributed by atoms with Gasteiger partial charge < -0.3 is 64.2 Å². The van der Waals surface area contributed by atoms with Gasteiger partial charge in [-0.2, -0.15) is 0 Å². The van der Waals surface area contributed by atoms with Crippen LogP contribution in [0.3, 0.4) is 0 Å². The van der Waals surface area contributed by atoms with Crippen molar-refractivity contribution in [2.75, 3.05) is 26.4 Å². The van der Waals surface area contributed by atoms with Gasteiger partial charge in [0.2, 0.25) is 0 Å². The van der Waals surface area contributed by atoms with Gasteiger partial charge in [0.05, 0.1) is 19.8 Å². The molecule has 0 aromatic rings. The molecule has 2 saturated heterocycles. The van der Waals surface area contributed by atoms with Crippen molar-refractivity contribution in [1.29, 1.82) is 0 Å². The Hall–Kier alpha value is -1.76. The number of unbranched alkanes of at least 4 members (excludes halogenated alkanes) is 21. The van der Waals surface area contributed by atoms with Crippen LogP contribution in [0, 0.1) is 0 Å². The predicted octanol–water partition coefficient (Wildman–Crippen LogP) is 5.82. The summed E-state index contributed by atoms with van der Waals surface area (Å²) >= 11 is 0. The summed E-state index contributed by atoms with van der Waals surface area (Å²) in [7, 11) is 0. The minimum atomic E-state index is -1.76. The van der Waals surface area contributed by atoms with E-state index >= 15 is 0 Å². The Bertz CT molecular complexity index is 1140. The topological polar surface area (TPSA) is 231 Å². The zero-order chi connectivity index (χ0) is 45.4. The number of hydrogen-bond donors (Lipinski definition) is 7. The fourth-order valence-electron chi connectivity index (χ4n) is 7.68. The Morgan fingerprint density at radius 2 is 0.919 bits per heavy atom. The van der Waals surface area contributed by atoms with Crippen molar-refractivity contribution in [2.45, 2.75) is 248 Å². The van der Waals surface area contributed by atoms with Gasteiger partial charge >= 0.3 is 11.9 Å². The molecule has 11 atom stereocenters. The molecule has 4 unspecified atom stereocenters. The number of carbonyl (C=O) groups is 2. The third-order valence-electron chi connectivity index (χ3n) is 11.7. The molecular formula is C47H86O15. The number of hydrogen-bond acceptors (Lipinski definition) is 15. The Morgan fingerprint density at radius 3 is 1.44 bits per heavy atom. The molecule has 0 amide bonds. The van der Waals surface area contributed by atoms with Gasteiger partial charge in [-0.15, -0.1) is 0 Å². The monoisotopic (exact) mass is 891 g/mol. The van der Waals surface area contributed by atoms with E-state index in [0.717, 1.165) is 44.9 Å². The zero-order valence-corrected chi connectivity index (χ0v) is 38.1. The first-order valence-corrected chi connectivity index (χ1v) is 24.3. The molecule has 2 rings (SSSR count). The van der Waals surface area contributed by atoms with E-state index in [-0.39, 0.29) is 26.1 Å². The molecule has 0 radical (unpaired) electrons. The summed E-state index contributed by atoms with van der Waals surface area (Å²) < 4.78 is 33.5. The van der Waals surface area contributed by atoms with Gasteiger partial charge in [-0.05, 0) is 38.5 Å². The van der Waals surface area contributed by atoms with E-state index in [9.17, 15) is 45.3 Å². The lowest BCUT2D eigenvalue weighted by atomic mass is 9.98. The molecule has 0 aromatic carbocycles. The van der Waals surface area contributed by atoms with E-state index in [2.05, 4.69) is 26.0 Å². The summed E-state index contributed by atoms with van der Waals surface area (Å²) in [5.74, 6) is -0.938. The quantitative estimate of drug-likeness (QED) is 0.0221. The van der Waals surface area contributed by atoms with Crippen molar-refractivity contribution in [2.24, 2.45) is 0 Å². The van der Waals surface area contributed by atoms with Crippen LogP contribution in [0.2, 0.25) is 0 Å². The molecule has 2 aliphatic heterocycles. The Labute approximate surface area is 371 Å². The largest absolute Gasteiger partial charge is 0.462 e. The number of allylic oxidation sites excluding steroid dienone is 2. The van der Waals surface area contributed by atoms with Gasteiger partial charge in [-0.1, -0.05) is 142 Å². The van der Waals surface area contributed by atoms with Crippen molar-refractivity contribution in [1.82, 2.24) is 0 Å². The van der Waals surface area contributed by atoms with E-state index < -0.39 is 92.7 Å². The van der Waals surface area contributed by atoms with Crippen LogP contribution in [0.5, 0.6) is 0 Å². The van der Waals surface area contributed by atoms with Gasteiger partial charge in [0.1, 0.15) is 55.4 Å². The van der Waals surface area contributed by atoms with Crippen molar-refractivity contribution < 1.29 is 73.8 Å². The maximum absolute atomic E-state index is 12.9. The predicted molar refractivity (Wildman–Crippen MR) is 234 cm³/mol. The molecule has 2 heterocycles. The van der Waals surface area contributed by atoms with Gasteiger partial charge in [-0.25, -0.2) is 0 Å². The van der Waals surface area contributed by atoms with Gasteiger partial charge in [0.25, 0.3) is 0 Å². The third-order valence-corrected chi connectivity index (χ3v) is 11.7. The summed E-state index contributed by atoms with van der Waals surface area (Å²) in [6.07, 6.45) is 15.4. The highest BCUT2D eigenvalue weighted by Gasteiger charge is 2.47. The molecule has 2 fully saturated rings. The first-order valence-electron chi connectivity index (χ1n) is 24.3. The molecule has 7 N–H and O–H groups in total. The Morgan fingerprint density at radius 1 is 0.500 bits per heavy atom. The smallest absolute Gasteiger partial charge is 0.306 e.